The summed E-state index contributed by atoms with van der Waals surface area (Å²) in [4.78, 5) is 36.5. The van der Waals surface area contributed by atoms with Crippen LogP contribution in [0.4, 0.5) is 0 Å². The Bertz CT molecular complexity index is 637. The summed E-state index contributed by atoms with van der Waals surface area (Å²) in [5.74, 6) is -2.23. The summed E-state index contributed by atoms with van der Waals surface area (Å²) in [6.07, 6.45) is 2.89. The Labute approximate surface area is 154 Å². The van der Waals surface area contributed by atoms with E-state index in [1.807, 2.05) is 0 Å². The molecule has 138 valence electrons. The van der Waals surface area contributed by atoms with Crippen LogP contribution in [-0.4, -0.2) is 41.5 Å². The molecule has 1 heterocycles. The van der Waals surface area contributed by atoms with Crippen molar-refractivity contribution in [3.8, 4) is 0 Å². The molecule has 1 aliphatic carbocycles. The molecule has 5 N–H and O–H groups in total. The first-order valence-corrected chi connectivity index (χ1v) is 9.46. The molecule has 25 heavy (non-hydrogen) atoms. The fraction of sp³-hybridized carbons (Fsp3) is 0.562. The van der Waals surface area contributed by atoms with E-state index in [9.17, 15) is 19.5 Å². The van der Waals surface area contributed by atoms with Crippen LogP contribution in [0.15, 0.2) is 11.4 Å². The van der Waals surface area contributed by atoms with Crippen LogP contribution in [0.25, 0.3) is 0 Å². The zero-order chi connectivity index (χ0) is 18.4. The predicted octanol–water partition coefficient (Wildman–Crippen LogP) is 1.61. The number of carbonyl (C=O) groups is 3. The number of nitrogens with one attached hydrogen (secondary N) is 2. The number of carbonyl (C=O) groups excluding carboxylic acids is 2. The molecule has 1 aliphatic rings. The Balaban J connectivity index is 2.01. The molecule has 0 bridgehead atoms. The van der Waals surface area contributed by atoms with Crippen molar-refractivity contribution >= 4 is 40.7 Å². The fourth-order valence-electron chi connectivity index (χ4n) is 2.96. The van der Waals surface area contributed by atoms with Crippen molar-refractivity contribution in [3.05, 3.63) is 21.3 Å². The van der Waals surface area contributed by atoms with Crippen LogP contribution in [0, 0.1) is 5.92 Å². The monoisotopic (exact) mass is 387 g/mol. The molecule has 1 fully saturated rings. The second-order valence-electron chi connectivity index (χ2n) is 6.08. The third kappa shape index (κ3) is 5.42. The van der Waals surface area contributed by atoms with Gasteiger partial charge in [0.1, 0.15) is 6.04 Å². The summed E-state index contributed by atoms with van der Waals surface area (Å²) in [5.41, 5.74) is 5.51. The summed E-state index contributed by atoms with van der Waals surface area (Å²) in [6.45, 7) is 0.395. The van der Waals surface area contributed by atoms with Crippen molar-refractivity contribution in [2.45, 2.75) is 44.2 Å². The SMILES string of the molecule is NCCC[C@H](NC(=O)c1cc(Cl)cs1)C(=O)N[C@H]1CCC[C@H]1C(=O)O. The van der Waals surface area contributed by atoms with Gasteiger partial charge in [0.15, 0.2) is 0 Å². The van der Waals surface area contributed by atoms with Gasteiger partial charge in [-0.15, -0.1) is 11.3 Å². The van der Waals surface area contributed by atoms with Gasteiger partial charge < -0.3 is 21.5 Å². The van der Waals surface area contributed by atoms with Crippen LogP contribution in [0.5, 0.6) is 0 Å². The molecule has 0 aliphatic heterocycles. The lowest BCUT2D eigenvalue weighted by Crippen LogP contribution is -2.51. The van der Waals surface area contributed by atoms with Gasteiger partial charge >= 0.3 is 5.97 Å². The minimum atomic E-state index is -0.904. The molecule has 0 aromatic carbocycles. The molecular formula is C16H22ClN3O4S. The van der Waals surface area contributed by atoms with Crippen LogP contribution in [0.1, 0.15) is 41.8 Å². The molecule has 3 atom stereocenters. The van der Waals surface area contributed by atoms with E-state index in [2.05, 4.69) is 10.6 Å². The lowest BCUT2D eigenvalue weighted by molar-refractivity contribution is -0.142. The van der Waals surface area contributed by atoms with E-state index in [0.717, 1.165) is 6.42 Å². The number of halogens is 1. The van der Waals surface area contributed by atoms with E-state index in [0.29, 0.717) is 42.1 Å². The van der Waals surface area contributed by atoms with E-state index in [-0.39, 0.29) is 11.8 Å². The molecule has 0 spiro atoms. The molecule has 1 saturated carbocycles. The first-order chi connectivity index (χ1) is 11.9. The first-order valence-electron chi connectivity index (χ1n) is 8.20. The van der Waals surface area contributed by atoms with Crippen LogP contribution in [0.3, 0.4) is 0 Å². The van der Waals surface area contributed by atoms with Crippen LogP contribution >= 0.6 is 22.9 Å². The fourth-order valence-corrected chi connectivity index (χ4v) is 3.94. The van der Waals surface area contributed by atoms with Gasteiger partial charge in [-0.1, -0.05) is 18.0 Å². The van der Waals surface area contributed by atoms with Crippen LogP contribution < -0.4 is 16.4 Å². The van der Waals surface area contributed by atoms with E-state index < -0.39 is 24.0 Å². The summed E-state index contributed by atoms with van der Waals surface area (Å²) in [6, 6.07) is 0.377. The van der Waals surface area contributed by atoms with E-state index in [1.54, 1.807) is 5.38 Å². The minimum Gasteiger partial charge on any atom is -0.481 e. The molecule has 9 heteroatoms. The summed E-state index contributed by atoms with van der Waals surface area (Å²) < 4.78 is 0. The molecule has 7 nitrogen and oxygen atoms in total. The standard InChI is InChI=1S/C16H22ClN3O4S/c17-9-7-13(25-8-9)15(22)20-12(5-2-6-18)14(21)19-11-4-1-3-10(11)16(23)24/h7-8,10-12H,1-6,18H2,(H,19,21)(H,20,22)(H,23,24)/t10-,11+,12+/m1/s1. The lowest BCUT2D eigenvalue weighted by Gasteiger charge is -2.23. The topological polar surface area (TPSA) is 122 Å². The Hall–Kier alpha value is -1.64. The Morgan fingerprint density at radius 2 is 2.16 bits per heavy atom. The van der Waals surface area contributed by atoms with Gasteiger partial charge in [0, 0.05) is 11.4 Å². The number of hydrogen-bond donors (Lipinski definition) is 4. The molecule has 1 aromatic heterocycles. The number of nitrogens with two attached hydrogens (primary N) is 1. The minimum absolute atomic E-state index is 0.373. The van der Waals surface area contributed by atoms with Crippen molar-refractivity contribution in [1.82, 2.24) is 10.6 Å². The van der Waals surface area contributed by atoms with Crippen molar-refractivity contribution in [2.75, 3.05) is 6.54 Å². The highest BCUT2D eigenvalue weighted by Gasteiger charge is 2.35. The van der Waals surface area contributed by atoms with Crippen LogP contribution in [0.2, 0.25) is 5.02 Å². The molecule has 0 saturated heterocycles. The number of rotatable bonds is 8. The summed E-state index contributed by atoms with van der Waals surface area (Å²) in [5, 5.41) is 16.8. The van der Waals surface area contributed by atoms with Crippen molar-refractivity contribution in [2.24, 2.45) is 11.7 Å². The largest absolute Gasteiger partial charge is 0.481 e. The second kappa shape index (κ2) is 9.17. The maximum absolute atomic E-state index is 12.6. The van der Waals surface area contributed by atoms with Gasteiger partial charge in [0.2, 0.25) is 5.91 Å². The van der Waals surface area contributed by atoms with Gasteiger partial charge in [0.25, 0.3) is 5.91 Å². The predicted molar refractivity (Wildman–Crippen MR) is 95.8 cm³/mol. The number of aliphatic carboxylic acids is 1. The zero-order valence-electron chi connectivity index (χ0n) is 13.7. The molecule has 2 rings (SSSR count). The number of hydrogen-bond acceptors (Lipinski definition) is 5. The highest BCUT2D eigenvalue weighted by atomic mass is 35.5. The number of carboxylic acids is 1. The van der Waals surface area contributed by atoms with Gasteiger partial charge in [-0.2, -0.15) is 0 Å². The normalized spacial score (nSPS) is 20.9. The lowest BCUT2D eigenvalue weighted by atomic mass is 10.0. The molecule has 0 unspecified atom stereocenters. The van der Waals surface area contributed by atoms with Crippen LogP contribution in [-0.2, 0) is 9.59 Å². The summed E-state index contributed by atoms with van der Waals surface area (Å²) in [7, 11) is 0. The highest BCUT2D eigenvalue weighted by molar-refractivity contribution is 7.12. The van der Waals surface area contributed by atoms with Gasteiger partial charge in [0.05, 0.1) is 15.8 Å². The number of carboxylic acid groups (broad SMARTS) is 1. The van der Waals surface area contributed by atoms with Crippen molar-refractivity contribution < 1.29 is 19.5 Å². The second-order valence-corrected chi connectivity index (χ2v) is 7.42. The molecule has 0 radical (unpaired) electrons. The Morgan fingerprint density at radius 1 is 1.40 bits per heavy atom. The maximum atomic E-state index is 12.6. The number of thiophene rings is 1. The Morgan fingerprint density at radius 3 is 2.76 bits per heavy atom. The molecule has 1 aromatic rings. The van der Waals surface area contributed by atoms with E-state index in [4.69, 9.17) is 17.3 Å². The maximum Gasteiger partial charge on any atom is 0.308 e. The average Bonchev–Trinajstić information content (AvgIpc) is 3.20. The quantitative estimate of drug-likeness (QED) is 0.539. The van der Waals surface area contributed by atoms with E-state index in [1.165, 1.54) is 17.4 Å². The van der Waals surface area contributed by atoms with Gasteiger partial charge in [-0.3, -0.25) is 14.4 Å². The number of amides is 2. The summed E-state index contributed by atoms with van der Waals surface area (Å²) >= 11 is 7.02. The third-order valence-corrected chi connectivity index (χ3v) is 5.55. The molecule has 2 amide bonds. The van der Waals surface area contributed by atoms with Gasteiger partial charge in [-0.25, -0.2) is 0 Å². The zero-order valence-corrected chi connectivity index (χ0v) is 15.2. The Kier molecular flexibility index (Phi) is 7.22. The third-order valence-electron chi connectivity index (χ3n) is 4.27. The smallest absolute Gasteiger partial charge is 0.308 e. The average molecular weight is 388 g/mol. The highest BCUT2D eigenvalue weighted by Crippen LogP contribution is 2.26. The van der Waals surface area contributed by atoms with Crippen molar-refractivity contribution in [3.63, 3.8) is 0 Å². The van der Waals surface area contributed by atoms with Gasteiger partial charge in [-0.05, 0) is 38.3 Å². The first kappa shape index (κ1) is 19.7. The van der Waals surface area contributed by atoms with E-state index >= 15 is 0 Å². The van der Waals surface area contributed by atoms with Crippen molar-refractivity contribution in [1.29, 1.82) is 0 Å². The molecular weight excluding hydrogens is 366 g/mol.